The number of nitrogens with two attached hydrogens (primary N) is 1. The Morgan fingerprint density at radius 1 is 1.09 bits per heavy atom. The molecule has 2 N–H and O–H groups in total. The first-order valence-corrected chi connectivity index (χ1v) is 15.4. The Balaban J connectivity index is 1.68. The van der Waals surface area contributed by atoms with Crippen LogP contribution in [-0.2, 0) is 10.5 Å². The fraction of sp³-hybridized carbons (Fsp3) is 0.294. The summed E-state index contributed by atoms with van der Waals surface area (Å²) in [6.45, 7) is 10.2. The number of halogens is 1. The molecule has 5 rings (SSSR count). The molecule has 0 aromatic heterocycles. The van der Waals surface area contributed by atoms with E-state index in [0.29, 0.717) is 29.8 Å². The Bertz CT molecular complexity index is 1770. The Morgan fingerprint density at radius 3 is 2.42 bits per heavy atom. The van der Waals surface area contributed by atoms with Gasteiger partial charge in [0.1, 0.15) is 5.82 Å². The van der Waals surface area contributed by atoms with Gasteiger partial charge >= 0.3 is 0 Å². The van der Waals surface area contributed by atoms with Crippen LogP contribution in [0.1, 0.15) is 60.4 Å². The monoisotopic (exact) mass is 612 g/mol. The van der Waals surface area contributed by atoms with Gasteiger partial charge in [-0.15, -0.1) is 11.8 Å². The maximum absolute atomic E-state index is 14.0. The number of carbonyl (C=O) groups is 1. The van der Waals surface area contributed by atoms with Crippen LogP contribution in [0, 0.1) is 47.6 Å². The van der Waals surface area contributed by atoms with Crippen LogP contribution >= 0.6 is 23.4 Å². The van der Waals surface area contributed by atoms with Crippen molar-refractivity contribution in [1.29, 1.82) is 5.26 Å². The zero-order valence-corrected chi connectivity index (χ0v) is 26.4. The van der Waals surface area contributed by atoms with Crippen molar-refractivity contribution in [2.24, 2.45) is 11.1 Å². The van der Waals surface area contributed by atoms with Crippen molar-refractivity contribution in [2.45, 2.75) is 64.0 Å². The van der Waals surface area contributed by atoms with E-state index in [1.807, 2.05) is 27.7 Å². The molecule has 1 aliphatic heterocycles. The van der Waals surface area contributed by atoms with Crippen molar-refractivity contribution in [3.63, 3.8) is 0 Å². The molecule has 1 unspecified atom stereocenters. The number of Topliss-reactive ketones (excluding diaryl/α,β-unsaturated/α-hetero) is 1. The summed E-state index contributed by atoms with van der Waals surface area (Å²) < 4.78 is 0. The summed E-state index contributed by atoms with van der Waals surface area (Å²) in [4.78, 5) is 27.7. The fourth-order valence-corrected chi connectivity index (χ4v) is 7.30. The zero-order valence-electron chi connectivity index (χ0n) is 24.8. The number of allylic oxidation sites excluding steroid dienone is 3. The normalized spacial score (nSPS) is 18.0. The average Bonchev–Trinajstić information content (AvgIpc) is 2.93. The smallest absolute Gasteiger partial charge is 0.271 e. The molecule has 1 atom stereocenters. The van der Waals surface area contributed by atoms with Gasteiger partial charge in [-0.2, -0.15) is 5.26 Å². The number of anilines is 1. The largest absolute Gasteiger partial charge is 0.384 e. The molecule has 0 amide bonds. The van der Waals surface area contributed by atoms with Gasteiger partial charge in [0.15, 0.2) is 5.78 Å². The molecular weight excluding hydrogens is 580 g/mol. The van der Waals surface area contributed by atoms with Crippen molar-refractivity contribution in [2.75, 3.05) is 4.90 Å². The van der Waals surface area contributed by atoms with Crippen molar-refractivity contribution in [3.05, 3.63) is 120 Å². The highest BCUT2D eigenvalue weighted by molar-refractivity contribution is 7.98. The third-order valence-corrected chi connectivity index (χ3v) is 9.55. The summed E-state index contributed by atoms with van der Waals surface area (Å²) in [5.74, 6) is 0.217. The average molecular weight is 613 g/mol. The van der Waals surface area contributed by atoms with E-state index >= 15 is 0 Å². The molecule has 1 heterocycles. The van der Waals surface area contributed by atoms with Crippen molar-refractivity contribution >= 4 is 40.5 Å². The van der Waals surface area contributed by atoms with Gasteiger partial charge in [-0.1, -0.05) is 60.8 Å². The lowest BCUT2D eigenvalue weighted by Crippen LogP contribution is -2.42. The number of nitro benzene ring substituents is 1. The zero-order chi connectivity index (χ0) is 31.2. The van der Waals surface area contributed by atoms with Crippen molar-refractivity contribution in [1.82, 2.24) is 0 Å². The molecule has 0 saturated heterocycles. The van der Waals surface area contributed by atoms with Gasteiger partial charge in [0.2, 0.25) is 0 Å². The number of nitrogens with zero attached hydrogens (tertiary/aromatic N) is 3. The summed E-state index contributed by atoms with van der Waals surface area (Å²) in [5.41, 5.74) is 13.4. The lowest BCUT2D eigenvalue weighted by Gasteiger charge is -2.44. The minimum Gasteiger partial charge on any atom is -0.384 e. The SMILES string of the molecule is Cc1ccc(SCc2cc(C)cc(C3C(C#N)=C(N)N(c4ccc([N+](=O)[O-])cc4Cl)C4=C3C(=O)CC(C)(C)C4)c2C)cc1. The van der Waals surface area contributed by atoms with Crippen LogP contribution in [0.5, 0.6) is 0 Å². The number of ketones is 1. The van der Waals surface area contributed by atoms with E-state index in [4.69, 9.17) is 17.3 Å². The molecule has 0 fully saturated rings. The second kappa shape index (κ2) is 11.6. The number of nitro groups is 1. The number of thioether (sulfide) groups is 1. The summed E-state index contributed by atoms with van der Waals surface area (Å²) in [5, 5.41) is 22.0. The third-order valence-electron chi connectivity index (χ3n) is 8.19. The molecule has 220 valence electrons. The van der Waals surface area contributed by atoms with Gasteiger partial charge in [-0.05, 0) is 67.5 Å². The third kappa shape index (κ3) is 5.80. The fourth-order valence-electron chi connectivity index (χ4n) is 6.09. The van der Waals surface area contributed by atoms with Gasteiger partial charge in [-0.3, -0.25) is 19.8 Å². The van der Waals surface area contributed by atoms with Gasteiger partial charge in [0.05, 0.1) is 33.2 Å². The molecule has 43 heavy (non-hydrogen) atoms. The van der Waals surface area contributed by atoms with E-state index in [-0.39, 0.29) is 33.3 Å². The van der Waals surface area contributed by atoms with Crippen LogP contribution < -0.4 is 10.6 Å². The molecule has 3 aromatic carbocycles. The maximum Gasteiger partial charge on any atom is 0.271 e. The van der Waals surface area contributed by atoms with Crippen molar-refractivity contribution < 1.29 is 9.72 Å². The number of nitriles is 1. The van der Waals surface area contributed by atoms with Crippen LogP contribution in [0.2, 0.25) is 5.02 Å². The van der Waals surface area contributed by atoms with E-state index in [1.165, 1.54) is 23.8 Å². The Kier molecular flexibility index (Phi) is 8.17. The molecule has 0 spiro atoms. The topological polar surface area (TPSA) is 113 Å². The molecule has 2 aliphatic rings. The maximum atomic E-state index is 14.0. The molecular formula is C34H33ClN4O3S. The van der Waals surface area contributed by atoms with E-state index < -0.39 is 10.8 Å². The molecule has 7 nitrogen and oxygen atoms in total. The number of rotatable bonds is 6. The highest BCUT2D eigenvalue weighted by Crippen LogP contribution is 2.52. The molecule has 1 aliphatic carbocycles. The second-order valence-corrected chi connectivity index (χ2v) is 13.6. The van der Waals surface area contributed by atoms with E-state index in [9.17, 15) is 20.2 Å². The highest BCUT2D eigenvalue weighted by Gasteiger charge is 2.45. The Morgan fingerprint density at radius 2 is 1.79 bits per heavy atom. The van der Waals surface area contributed by atoms with Gasteiger partial charge in [0, 0.05) is 40.5 Å². The molecule has 0 radical (unpaired) electrons. The van der Waals surface area contributed by atoms with Crippen LogP contribution in [0.15, 0.2) is 82.2 Å². The highest BCUT2D eigenvalue weighted by atomic mass is 35.5. The lowest BCUT2D eigenvalue weighted by atomic mass is 9.68. The van der Waals surface area contributed by atoms with Crippen LogP contribution in [0.4, 0.5) is 11.4 Å². The summed E-state index contributed by atoms with van der Waals surface area (Å²) in [7, 11) is 0. The number of carbonyl (C=O) groups excluding carboxylic acids is 1. The predicted octanol–water partition coefficient (Wildman–Crippen LogP) is 8.41. The molecule has 0 saturated carbocycles. The predicted molar refractivity (Wildman–Crippen MR) is 172 cm³/mol. The Labute approximate surface area is 261 Å². The second-order valence-electron chi connectivity index (χ2n) is 12.1. The molecule has 3 aromatic rings. The first kappa shape index (κ1) is 30.4. The number of hydrogen-bond acceptors (Lipinski definition) is 7. The van der Waals surface area contributed by atoms with Gasteiger partial charge < -0.3 is 5.73 Å². The van der Waals surface area contributed by atoms with E-state index in [2.05, 4.69) is 49.4 Å². The van der Waals surface area contributed by atoms with Crippen LogP contribution in [0.3, 0.4) is 0 Å². The van der Waals surface area contributed by atoms with Crippen LogP contribution in [0.25, 0.3) is 0 Å². The van der Waals surface area contributed by atoms with E-state index in [1.54, 1.807) is 16.7 Å². The quantitative estimate of drug-likeness (QED) is 0.169. The number of hydrogen-bond donors (Lipinski definition) is 1. The van der Waals surface area contributed by atoms with Crippen LogP contribution in [-0.4, -0.2) is 10.7 Å². The number of aryl methyl sites for hydroxylation is 2. The number of non-ortho nitro benzene ring substituents is 1. The summed E-state index contributed by atoms with van der Waals surface area (Å²) in [6.07, 6.45) is 0.835. The first-order chi connectivity index (χ1) is 20.3. The summed E-state index contributed by atoms with van der Waals surface area (Å²) >= 11 is 8.34. The van der Waals surface area contributed by atoms with Gasteiger partial charge in [0.25, 0.3) is 5.69 Å². The lowest BCUT2D eigenvalue weighted by molar-refractivity contribution is -0.384. The van der Waals surface area contributed by atoms with E-state index in [0.717, 1.165) is 32.9 Å². The minimum atomic E-state index is -0.639. The first-order valence-electron chi connectivity index (χ1n) is 14.0. The standard InChI is InChI=1S/C34H33ClN4O3S/c1-19-6-9-24(10-7-19)43-18-22-12-20(2)13-25(21(22)3)31-26(17-36)33(37)38(28-11-8-23(39(41)42)14-27(28)35)29-15-34(4,5)16-30(40)32(29)31/h6-14,31H,15-16,18,37H2,1-5H3. The molecule has 9 heteroatoms. The number of benzene rings is 3. The van der Waals surface area contributed by atoms with Crippen molar-refractivity contribution in [3.8, 4) is 6.07 Å². The van der Waals surface area contributed by atoms with Gasteiger partial charge in [-0.25, -0.2) is 0 Å². The summed E-state index contributed by atoms with van der Waals surface area (Å²) in [6, 6.07) is 19.1. The minimum absolute atomic E-state index is 0.0454. The molecule has 0 bridgehead atoms. The Hall–Kier alpha value is -4.06.